The van der Waals surface area contributed by atoms with Gasteiger partial charge in [-0.15, -0.1) is 11.6 Å². The van der Waals surface area contributed by atoms with E-state index in [9.17, 15) is 9.59 Å². The minimum absolute atomic E-state index is 0.139. The van der Waals surface area contributed by atoms with E-state index >= 15 is 0 Å². The van der Waals surface area contributed by atoms with E-state index < -0.39 is 5.38 Å². The van der Waals surface area contributed by atoms with Crippen LogP contribution in [0.2, 0.25) is 0 Å². The van der Waals surface area contributed by atoms with E-state index in [4.69, 9.17) is 16.3 Å². The second-order valence-corrected chi connectivity index (χ2v) is 9.95. The predicted molar refractivity (Wildman–Crippen MR) is 144 cm³/mol. The molecule has 2 saturated heterocycles. The first-order chi connectivity index (χ1) is 17.5. The Labute approximate surface area is 218 Å². The van der Waals surface area contributed by atoms with E-state index in [1.165, 1.54) is 5.56 Å². The number of alkyl halides is 1. The summed E-state index contributed by atoms with van der Waals surface area (Å²) in [5.41, 5.74) is 3.32. The van der Waals surface area contributed by atoms with Crippen LogP contribution in [0, 0.1) is 0 Å². The molecule has 0 saturated carbocycles. The summed E-state index contributed by atoms with van der Waals surface area (Å²) in [5, 5.41) is 5.22. The maximum Gasteiger partial charge on any atom is 0.253 e. The molecule has 2 aliphatic heterocycles. The number of rotatable bonds is 9. The normalized spacial score (nSPS) is 18.0. The summed E-state index contributed by atoms with van der Waals surface area (Å²) < 4.78 is 5.40. The highest BCUT2D eigenvalue weighted by Crippen LogP contribution is 2.26. The van der Waals surface area contributed by atoms with Crippen LogP contribution >= 0.6 is 11.6 Å². The van der Waals surface area contributed by atoms with E-state index in [0.29, 0.717) is 17.8 Å². The van der Waals surface area contributed by atoms with Crippen molar-refractivity contribution in [3.8, 4) is 0 Å². The molecule has 2 N–H and O–H groups in total. The summed E-state index contributed by atoms with van der Waals surface area (Å²) in [6.07, 6.45) is 0. The lowest BCUT2D eigenvalue weighted by molar-refractivity contribution is -0.115. The Kier molecular flexibility index (Phi) is 9.58. The summed E-state index contributed by atoms with van der Waals surface area (Å²) >= 11 is 5.93. The van der Waals surface area contributed by atoms with Gasteiger partial charge in [0.05, 0.1) is 18.8 Å². The second kappa shape index (κ2) is 13.1. The Balaban J connectivity index is 1.42. The summed E-state index contributed by atoms with van der Waals surface area (Å²) in [4.78, 5) is 32.4. The number of anilines is 2. The highest BCUT2D eigenvalue weighted by Gasteiger charge is 2.23. The van der Waals surface area contributed by atoms with E-state index in [-0.39, 0.29) is 11.8 Å². The molecule has 2 heterocycles. The number of hydrogen-bond donors (Lipinski definition) is 2. The molecule has 8 nitrogen and oxygen atoms in total. The Hall–Kier alpha value is -2.65. The van der Waals surface area contributed by atoms with E-state index in [2.05, 4.69) is 49.6 Å². The molecular weight excluding hydrogens is 478 g/mol. The largest absolute Gasteiger partial charge is 0.379 e. The first-order valence-corrected chi connectivity index (χ1v) is 13.1. The topological polar surface area (TPSA) is 77.2 Å². The molecule has 194 valence electrons. The fourth-order valence-corrected chi connectivity index (χ4v) is 4.60. The Morgan fingerprint density at radius 1 is 0.972 bits per heavy atom. The molecule has 0 bridgehead atoms. The van der Waals surface area contributed by atoms with Crippen molar-refractivity contribution in [3.05, 3.63) is 59.7 Å². The van der Waals surface area contributed by atoms with Gasteiger partial charge in [0.25, 0.3) is 5.91 Å². The lowest BCUT2D eigenvalue weighted by atomic mass is 10.1. The van der Waals surface area contributed by atoms with Gasteiger partial charge >= 0.3 is 0 Å². The van der Waals surface area contributed by atoms with Crippen LogP contribution in [0.5, 0.6) is 0 Å². The van der Waals surface area contributed by atoms with Crippen molar-refractivity contribution in [2.75, 3.05) is 75.8 Å². The highest BCUT2D eigenvalue weighted by atomic mass is 35.5. The Morgan fingerprint density at radius 3 is 2.39 bits per heavy atom. The zero-order chi connectivity index (χ0) is 25.3. The molecule has 2 aromatic rings. The van der Waals surface area contributed by atoms with Gasteiger partial charge in [0.1, 0.15) is 5.38 Å². The molecule has 0 radical (unpaired) electrons. The average Bonchev–Trinajstić information content (AvgIpc) is 2.90. The van der Waals surface area contributed by atoms with E-state index in [0.717, 1.165) is 71.3 Å². The maximum absolute atomic E-state index is 13.3. The van der Waals surface area contributed by atoms with Gasteiger partial charge < -0.3 is 20.3 Å². The standard InChI is InChI=1S/C27H36ClN5O3/c1-21(28)26(34)30-23-7-8-25(24(19-23)27(35)29-9-10-31-15-17-36-18-16-31)33-13-11-32(12-14-33)20-22-5-3-2-4-6-22/h2-8,19,21H,9-18,20H2,1H3,(H,29,35)(H,30,34). The molecular formula is C27H36ClN5O3. The van der Waals surface area contributed by atoms with E-state index in [1.54, 1.807) is 13.0 Å². The van der Waals surface area contributed by atoms with Crippen LogP contribution in [0.15, 0.2) is 48.5 Å². The molecule has 1 atom stereocenters. The first-order valence-electron chi connectivity index (χ1n) is 12.7. The van der Waals surface area contributed by atoms with Gasteiger partial charge in [-0.3, -0.25) is 19.4 Å². The van der Waals surface area contributed by atoms with Gasteiger partial charge in [-0.1, -0.05) is 30.3 Å². The number of carbonyl (C=O) groups is 2. The van der Waals surface area contributed by atoms with Crippen LogP contribution in [0.3, 0.4) is 0 Å². The molecule has 9 heteroatoms. The van der Waals surface area contributed by atoms with Gasteiger partial charge in [-0.25, -0.2) is 0 Å². The molecule has 2 aliphatic rings. The SMILES string of the molecule is CC(Cl)C(=O)Nc1ccc(N2CCN(Cc3ccccc3)CC2)c(C(=O)NCCN2CCOCC2)c1. The molecule has 0 spiro atoms. The van der Waals surface area contributed by atoms with Crippen molar-refractivity contribution in [2.45, 2.75) is 18.8 Å². The fourth-order valence-electron chi connectivity index (χ4n) is 4.55. The molecule has 0 aliphatic carbocycles. The lowest BCUT2D eigenvalue weighted by Crippen LogP contribution is -2.46. The monoisotopic (exact) mass is 513 g/mol. The lowest BCUT2D eigenvalue weighted by Gasteiger charge is -2.37. The third-order valence-corrected chi connectivity index (χ3v) is 6.85. The number of piperazine rings is 1. The van der Waals surface area contributed by atoms with Gasteiger partial charge in [-0.2, -0.15) is 0 Å². The van der Waals surface area contributed by atoms with Gasteiger partial charge in [-0.05, 0) is 30.7 Å². The van der Waals surface area contributed by atoms with Crippen LogP contribution in [-0.4, -0.2) is 92.6 Å². The van der Waals surface area contributed by atoms with Crippen molar-refractivity contribution in [2.24, 2.45) is 0 Å². The second-order valence-electron chi connectivity index (χ2n) is 9.30. The van der Waals surface area contributed by atoms with Crippen LogP contribution in [0.4, 0.5) is 11.4 Å². The van der Waals surface area contributed by atoms with Crippen molar-refractivity contribution < 1.29 is 14.3 Å². The van der Waals surface area contributed by atoms with Crippen molar-refractivity contribution in [3.63, 3.8) is 0 Å². The average molecular weight is 514 g/mol. The minimum atomic E-state index is -0.659. The van der Waals surface area contributed by atoms with Gasteiger partial charge in [0, 0.05) is 70.3 Å². The highest BCUT2D eigenvalue weighted by molar-refractivity contribution is 6.32. The number of halogens is 1. The fraction of sp³-hybridized carbons (Fsp3) is 0.481. The maximum atomic E-state index is 13.3. The number of nitrogens with one attached hydrogen (secondary N) is 2. The quantitative estimate of drug-likeness (QED) is 0.502. The van der Waals surface area contributed by atoms with Crippen LogP contribution in [0.1, 0.15) is 22.8 Å². The molecule has 0 aromatic heterocycles. The predicted octanol–water partition coefficient (Wildman–Crippen LogP) is 2.64. The first kappa shape index (κ1) is 26.4. The van der Waals surface area contributed by atoms with Gasteiger partial charge in [0.15, 0.2) is 0 Å². The Bertz CT molecular complexity index is 1010. The summed E-state index contributed by atoms with van der Waals surface area (Å²) in [7, 11) is 0. The number of nitrogens with zero attached hydrogens (tertiary/aromatic N) is 3. The molecule has 1 unspecified atom stereocenters. The third kappa shape index (κ3) is 7.43. The van der Waals surface area contributed by atoms with Crippen LogP contribution in [-0.2, 0) is 16.1 Å². The molecule has 2 amide bonds. The van der Waals surface area contributed by atoms with Gasteiger partial charge in [0.2, 0.25) is 5.91 Å². The smallest absolute Gasteiger partial charge is 0.253 e. The molecule has 2 fully saturated rings. The Morgan fingerprint density at radius 2 is 1.69 bits per heavy atom. The number of ether oxygens (including phenoxy) is 1. The molecule has 4 rings (SSSR count). The molecule has 36 heavy (non-hydrogen) atoms. The number of morpholine rings is 1. The van der Waals surface area contributed by atoms with E-state index in [1.807, 2.05) is 18.2 Å². The van der Waals surface area contributed by atoms with Crippen LogP contribution < -0.4 is 15.5 Å². The number of amides is 2. The number of carbonyl (C=O) groups excluding carboxylic acids is 2. The zero-order valence-corrected chi connectivity index (χ0v) is 21.7. The number of hydrogen-bond acceptors (Lipinski definition) is 6. The summed E-state index contributed by atoms with van der Waals surface area (Å²) in [6, 6.07) is 16.0. The number of benzene rings is 2. The zero-order valence-electron chi connectivity index (χ0n) is 20.9. The summed E-state index contributed by atoms with van der Waals surface area (Å²) in [6.45, 7) is 10.6. The van der Waals surface area contributed by atoms with Crippen molar-refractivity contribution in [1.29, 1.82) is 0 Å². The third-order valence-electron chi connectivity index (χ3n) is 6.65. The van der Waals surface area contributed by atoms with Crippen LogP contribution in [0.25, 0.3) is 0 Å². The summed E-state index contributed by atoms with van der Waals surface area (Å²) in [5.74, 6) is -0.433. The van der Waals surface area contributed by atoms with Crippen molar-refractivity contribution in [1.82, 2.24) is 15.1 Å². The minimum Gasteiger partial charge on any atom is -0.379 e. The molecule has 2 aromatic carbocycles. The van der Waals surface area contributed by atoms with Crippen molar-refractivity contribution >= 4 is 34.8 Å².